The number of hydrogen-bond donors (Lipinski definition) is 3. The van der Waals surface area contributed by atoms with Crippen molar-refractivity contribution < 1.29 is 24.2 Å². The van der Waals surface area contributed by atoms with Crippen LogP contribution in [-0.2, 0) is 9.47 Å². The van der Waals surface area contributed by atoms with Crippen LogP contribution in [0.15, 0.2) is 24.3 Å². The molecule has 1 saturated heterocycles. The second-order valence-electron chi connectivity index (χ2n) is 5.86. The molecule has 1 fully saturated rings. The highest BCUT2D eigenvalue weighted by Gasteiger charge is 2.24. The number of anilines is 2. The lowest BCUT2D eigenvalue weighted by atomic mass is 10.0. The van der Waals surface area contributed by atoms with Crippen LogP contribution in [0.2, 0.25) is 0 Å². The van der Waals surface area contributed by atoms with Gasteiger partial charge in [0, 0.05) is 38.1 Å². The quantitative estimate of drug-likeness (QED) is 0.701. The SMILES string of the molecule is COCCC(C)(O)CNC(=O)Nc1cccc(N2CCOC2=O)c1. The number of nitrogens with zero attached hydrogens (tertiary/aromatic N) is 1. The molecule has 1 aromatic rings. The van der Waals surface area contributed by atoms with E-state index >= 15 is 0 Å². The first kappa shape index (κ1) is 18.0. The van der Waals surface area contributed by atoms with Gasteiger partial charge in [0.1, 0.15) is 6.61 Å². The van der Waals surface area contributed by atoms with E-state index in [1.165, 1.54) is 4.90 Å². The number of cyclic esters (lactones) is 1. The van der Waals surface area contributed by atoms with Gasteiger partial charge in [0.05, 0.1) is 12.1 Å². The van der Waals surface area contributed by atoms with E-state index in [4.69, 9.17) is 9.47 Å². The summed E-state index contributed by atoms with van der Waals surface area (Å²) in [6.07, 6.45) is 0.0156. The zero-order valence-electron chi connectivity index (χ0n) is 13.9. The molecule has 1 heterocycles. The number of nitrogens with one attached hydrogen (secondary N) is 2. The summed E-state index contributed by atoms with van der Waals surface area (Å²) in [6, 6.07) is 6.48. The van der Waals surface area contributed by atoms with Crippen LogP contribution in [0.5, 0.6) is 0 Å². The lowest BCUT2D eigenvalue weighted by Gasteiger charge is -2.23. The Morgan fingerprint density at radius 1 is 1.50 bits per heavy atom. The Morgan fingerprint density at radius 2 is 2.29 bits per heavy atom. The van der Waals surface area contributed by atoms with Gasteiger partial charge in [-0.25, -0.2) is 9.59 Å². The molecule has 0 bridgehead atoms. The van der Waals surface area contributed by atoms with Gasteiger partial charge in [-0.15, -0.1) is 0 Å². The number of carbonyl (C=O) groups excluding carboxylic acids is 2. The first-order valence-electron chi connectivity index (χ1n) is 7.72. The summed E-state index contributed by atoms with van der Waals surface area (Å²) in [5.74, 6) is 0. The molecule has 1 aromatic carbocycles. The Kier molecular flexibility index (Phi) is 5.99. The summed E-state index contributed by atoms with van der Waals surface area (Å²) in [6.45, 7) is 2.97. The summed E-state index contributed by atoms with van der Waals surface area (Å²) < 4.78 is 9.82. The second-order valence-corrected chi connectivity index (χ2v) is 5.86. The van der Waals surface area contributed by atoms with Crippen molar-refractivity contribution in [3.05, 3.63) is 24.3 Å². The summed E-state index contributed by atoms with van der Waals surface area (Å²) in [7, 11) is 1.55. The lowest BCUT2D eigenvalue weighted by molar-refractivity contribution is 0.0273. The molecule has 1 aliphatic heterocycles. The number of benzene rings is 1. The highest BCUT2D eigenvalue weighted by molar-refractivity contribution is 5.93. The number of carbonyl (C=O) groups is 2. The van der Waals surface area contributed by atoms with Crippen molar-refractivity contribution in [1.82, 2.24) is 5.32 Å². The zero-order valence-corrected chi connectivity index (χ0v) is 13.9. The van der Waals surface area contributed by atoms with Gasteiger partial charge >= 0.3 is 12.1 Å². The lowest BCUT2D eigenvalue weighted by Crippen LogP contribution is -2.43. The number of methoxy groups -OCH3 is 1. The topological polar surface area (TPSA) is 100 Å². The maximum absolute atomic E-state index is 12.0. The van der Waals surface area contributed by atoms with Crippen LogP contribution >= 0.6 is 0 Å². The normalized spacial score (nSPS) is 16.5. The predicted octanol–water partition coefficient (Wildman–Crippen LogP) is 1.55. The van der Waals surface area contributed by atoms with Crippen LogP contribution in [0.4, 0.5) is 21.0 Å². The molecule has 8 nitrogen and oxygen atoms in total. The number of hydrogen-bond acceptors (Lipinski definition) is 5. The Labute approximate surface area is 140 Å². The summed E-state index contributed by atoms with van der Waals surface area (Å²) in [5.41, 5.74) is 0.151. The molecule has 0 spiro atoms. The minimum atomic E-state index is -1.05. The molecule has 0 radical (unpaired) electrons. The highest BCUT2D eigenvalue weighted by Crippen LogP contribution is 2.22. The van der Waals surface area contributed by atoms with Gasteiger partial charge in [-0.1, -0.05) is 6.07 Å². The van der Waals surface area contributed by atoms with Crippen molar-refractivity contribution in [3.8, 4) is 0 Å². The minimum absolute atomic E-state index is 0.0976. The molecular weight excluding hydrogens is 314 g/mol. The Balaban J connectivity index is 1.89. The molecule has 2 rings (SSSR count). The molecule has 0 saturated carbocycles. The van der Waals surface area contributed by atoms with E-state index in [0.717, 1.165) is 0 Å². The van der Waals surface area contributed by atoms with E-state index in [0.29, 0.717) is 37.6 Å². The Bertz CT molecular complexity index is 591. The van der Waals surface area contributed by atoms with E-state index in [1.807, 2.05) is 0 Å². The average molecular weight is 337 g/mol. The maximum Gasteiger partial charge on any atom is 0.414 e. The van der Waals surface area contributed by atoms with Crippen LogP contribution in [0, 0.1) is 0 Å². The molecule has 8 heteroatoms. The smallest absolute Gasteiger partial charge is 0.414 e. The zero-order chi connectivity index (χ0) is 17.6. The van der Waals surface area contributed by atoms with E-state index in [2.05, 4.69) is 10.6 Å². The molecule has 132 valence electrons. The number of ether oxygens (including phenoxy) is 2. The minimum Gasteiger partial charge on any atom is -0.447 e. The van der Waals surface area contributed by atoms with Crippen LogP contribution in [0.25, 0.3) is 0 Å². The van der Waals surface area contributed by atoms with Crippen LogP contribution < -0.4 is 15.5 Å². The van der Waals surface area contributed by atoms with Crippen molar-refractivity contribution in [1.29, 1.82) is 0 Å². The fraction of sp³-hybridized carbons (Fsp3) is 0.500. The van der Waals surface area contributed by atoms with Gasteiger partial charge in [0.2, 0.25) is 0 Å². The molecule has 3 amide bonds. The molecule has 1 atom stereocenters. The van der Waals surface area contributed by atoms with Crippen molar-refractivity contribution in [2.45, 2.75) is 18.9 Å². The van der Waals surface area contributed by atoms with Gasteiger partial charge in [-0.2, -0.15) is 0 Å². The molecule has 0 aliphatic carbocycles. The monoisotopic (exact) mass is 337 g/mol. The van der Waals surface area contributed by atoms with E-state index in [-0.39, 0.29) is 6.54 Å². The third-order valence-electron chi connectivity index (χ3n) is 3.65. The van der Waals surface area contributed by atoms with Crippen molar-refractivity contribution in [2.24, 2.45) is 0 Å². The summed E-state index contributed by atoms with van der Waals surface area (Å²) in [4.78, 5) is 25.0. The molecule has 1 unspecified atom stereocenters. The van der Waals surface area contributed by atoms with Crippen molar-refractivity contribution in [3.63, 3.8) is 0 Å². The fourth-order valence-corrected chi connectivity index (χ4v) is 2.24. The Morgan fingerprint density at radius 3 is 2.96 bits per heavy atom. The van der Waals surface area contributed by atoms with Crippen LogP contribution in [0.1, 0.15) is 13.3 Å². The molecular formula is C16H23N3O5. The standard InChI is InChI=1S/C16H23N3O5/c1-16(22,6-8-23-2)11-17-14(20)18-12-4-3-5-13(10-12)19-7-9-24-15(19)21/h3-5,10,22H,6-9,11H2,1-2H3,(H2,17,18,20). The third-order valence-corrected chi connectivity index (χ3v) is 3.65. The summed E-state index contributed by atoms with van der Waals surface area (Å²) in [5, 5.41) is 15.4. The van der Waals surface area contributed by atoms with Gasteiger partial charge in [-0.3, -0.25) is 4.90 Å². The first-order valence-corrected chi connectivity index (χ1v) is 7.72. The predicted molar refractivity (Wildman–Crippen MR) is 89.3 cm³/mol. The van der Waals surface area contributed by atoms with Crippen LogP contribution in [-0.4, -0.2) is 56.2 Å². The van der Waals surface area contributed by atoms with Gasteiger partial charge in [0.15, 0.2) is 0 Å². The highest BCUT2D eigenvalue weighted by atomic mass is 16.6. The summed E-state index contributed by atoms with van der Waals surface area (Å²) >= 11 is 0. The Hall–Kier alpha value is -2.32. The maximum atomic E-state index is 12.0. The van der Waals surface area contributed by atoms with Crippen molar-refractivity contribution in [2.75, 3.05) is 43.6 Å². The number of aliphatic hydroxyl groups is 1. The largest absolute Gasteiger partial charge is 0.447 e. The van der Waals surface area contributed by atoms with E-state index in [9.17, 15) is 14.7 Å². The average Bonchev–Trinajstić information content (AvgIpc) is 2.98. The molecule has 0 aromatic heterocycles. The molecule has 3 N–H and O–H groups in total. The van der Waals surface area contributed by atoms with Gasteiger partial charge in [0.25, 0.3) is 0 Å². The number of rotatable bonds is 7. The first-order chi connectivity index (χ1) is 11.4. The fourth-order valence-electron chi connectivity index (χ4n) is 2.24. The number of urea groups is 1. The molecule has 24 heavy (non-hydrogen) atoms. The van der Waals surface area contributed by atoms with E-state index in [1.54, 1.807) is 38.3 Å². The molecule has 1 aliphatic rings. The van der Waals surface area contributed by atoms with Gasteiger partial charge < -0.3 is 25.2 Å². The van der Waals surface area contributed by atoms with Crippen molar-refractivity contribution >= 4 is 23.5 Å². The van der Waals surface area contributed by atoms with E-state index < -0.39 is 17.7 Å². The third kappa shape index (κ3) is 5.10. The van der Waals surface area contributed by atoms with Crippen LogP contribution in [0.3, 0.4) is 0 Å². The van der Waals surface area contributed by atoms with Gasteiger partial charge in [-0.05, 0) is 25.1 Å². The second kappa shape index (κ2) is 7.98. The number of amides is 3.